The Morgan fingerprint density at radius 3 is 2.15 bits per heavy atom. The lowest BCUT2D eigenvalue weighted by Gasteiger charge is -2.40. The summed E-state index contributed by atoms with van der Waals surface area (Å²) in [7, 11) is 0. The molecule has 2 N–H and O–H groups in total. The quantitative estimate of drug-likeness (QED) is 0.764. The molecule has 1 saturated heterocycles. The number of carbonyl (C=O) groups is 2. The van der Waals surface area contributed by atoms with Gasteiger partial charge in [0.1, 0.15) is 5.60 Å². The van der Waals surface area contributed by atoms with Crippen LogP contribution >= 0.6 is 0 Å². The van der Waals surface area contributed by atoms with E-state index in [4.69, 9.17) is 4.74 Å². The van der Waals surface area contributed by atoms with Crippen LogP contribution in [0.25, 0.3) is 0 Å². The first-order chi connectivity index (χ1) is 12.4. The van der Waals surface area contributed by atoms with Gasteiger partial charge in [0.25, 0.3) is 0 Å². The monoisotopic (exact) mass is 379 g/mol. The number of likely N-dealkylation sites (tertiary alicyclic amines) is 1. The third kappa shape index (κ3) is 3.90. The highest BCUT2D eigenvalue weighted by Gasteiger charge is 2.61. The Hall–Kier alpha value is -1.46. The second-order valence-corrected chi connectivity index (χ2v) is 10.5. The smallest absolute Gasteiger partial charge is 0.410 e. The van der Waals surface area contributed by atoms with Gasteiger partial charge in [0, 0.05) is 25.2 Å². The minimum absolute atomic E-state index is 0.0553. The standard InChI is InChI=1S/C21H37N3O3/c1-19(2,3)27-18(26)24-11-8-15(9-12-24)22-17(25)23-16-13-14-7-10-21(16,6)20(14,4)5/h14-16H,7-13H2,1-6H3,(H2,22,23,25)/t14-,16-,21-/m1/s1. The van der Waals surface area contributed by atoms with Crippen LogP contribution in [0.5, 0.6) is 0 Å². The molecule has 6 nitrogen and oxygen atoms in total. The molecule has 0 aromatic rings. The molecule has 2 aliphatic carbocycles. The minimum Gasteiger partial charge on any atom is -0.444 e. The molecule has 1 aliphatic heterocycles. The molecule has 3 aliphatic rings. The van der Waals surface area contributed by atoms with Crippen LogP contribution in [0.1, 0.15) is 73.6 Å². The van der Waals surface area contributed by atoms with Crippen molar-refractivity contribution in [3.05, 3.63) is 0 Å². The predicted molar refractivity (Wildman–Crippen MR) is 106 cm³/mol. The fourth-order valence-corrected chi connectivity index (χ4v) is 5.34. The van der Waals surface area contributed by atoms with Gasteiger partial charge in [0.15, 0.2) is 0 Å². The lowest BCUT2D eigenvalue weighted by atomic mass is 9.69. The molecular weight excluding hydrogens is 342 g/mol. The van der Waals surface area contributed by atoms with Gasteiger partial charge in [-0.1, -0.05) is 20.8 Å². The summed E-state index contributed by atoms with van der Waals surface area (Å²) in [5.41, 5.74) is 0.00933. The second-order valence-electron chi connectivity index (χ2n) is 10.5. The third-order valence-corrected chi connectivity index (χ3v) is 7.58. The lowest BCUT2D eigenvalue weighted by Crippen LogP contribution is -2.54. The molecule has 0 radical (unpaired) electrons. The average molecular weight is 380 g/mol. The van der Waals surface area contributed by atoms with Crippen LogP contribution in [-0.4, -0.2) is 47.8 Å². The maximum Gasteiger partial charge on any atom is 0.410 e. The van der Waals surface area contributed by atoms with Crippen LogP contribution in [-0.2, 0) is 4.74 Å². The normalized spacial score (nSPS) is 33.0. The number of fused-ring (bicyclic) bond motifs is 2. The zero-order chi connectivity index (χ0) is 20.0. The number of hydrogen-bond donors (Lipinski definition) is 2. The molecule has 0 aromatic heterocycles. The van der Waals surface area contributed by atoms with Crippen molar-refractivity contribution in [3.8, 4) is 0 Å². The maximum atomic E-state index is 12.6. The van der Waals surface area contributed by atoms with E-state index in [0.717, 1.165) is 19.3 Å². The summed E-state index contributed by atoms with van der Waals surface area (Å²) in [5, 5.41) is 6.39. The van der Waals surface area contributed by atoms with Gasteiger partial charge in [-0.15, -0.1) is 0 Å². The first-order valence-corrected chi connectivity index (χ1v) is 10.5. The fourth-order valence-electron chi connectivity index (χ4n) is 5.34. The molecule has 0 unspecified atom stereocenters. The summed E-state index contributed by atoms with van der Waals surface area (Å²) in [5.74, 6) is 0.713. The van der Waals surface area contributed by atoms with Crippen molar-refractivity contribution < 1.29 is 14.3 Å². The summed E-state index contributed by atoms with van der Waals surface area (Å²) in [6.45, 7) is 13.9. The van der Waals surface area contributed by atoms with Crippen LogP contribution in [0.2, 0.25) is 0 Å². The summed E-state index contributed by atoms with van der Waals surface area (Å²) >= 11 is 0. The Bertz CT molecular complexity index is 590. The van der Waals surface area contributed by atoms with Gasteiger partial charge in [-0.3, -0.25) is 0 Å². The van der Waals surface area contributed by atoms with Crippen LogP contribution in [0.15, 0.2) is 0 Å². The Balaban J connectivity index is 1.45. The number of urea groups is 1. The molecule has 3 fully saturated rings. The Morgan fingerprint density at radius 1 is 1.04 bits per heavy atom. The Morgan fingerprint density at radius 2 is 1.67 bits per heavy atom. The van der Waals surface area contributed by atoms with Gasteiger partial charge < -0.3 is 20.3 Å². The number of nitrogens with zero attached hydrogens (tertiary/aromatic N) is 1. The SMILES string of the molecule is CC(C)(C)OC(=O)N1CCC(NC(=O)N[C@@H]2C[C@H]3CC[C@@]2(C)C3(C)C)CC1. The van der Waals surface area contributed by atoms with E-state index >= 15 is 0 Å². The number of carbonyl (C=O) groups excluding carboxylic acids is 2. The van der Waals surface area contributed by atoms with E-state index in [1.54, 1.807) is 4.90 Å². The first kappa shape index (κ1) is 20.3. The van der Waals surface area contributed by atoms with Crippen LogP contribution in [0, 0.1) is 16.7 Å². The van der Waals surface area contributed by atoms with E-state index in [0.29, 0.717) is 24.4 Å². The molecule has 3 atom stereocenters. The number of piperidine rings is 1. The molecule has 27 heavy (non-hydrogen) atoms. The van der Waals surface area contributed by atoms with Crippen molar-refractivity contribution >= 4 is 12.1 Å². The number of nitrogens with one attached hydrogen (secondary N) is 2. The molecule has 154 valence electrons. The summed E-state index contributed by atoms with van der Waals surface area (Å²) in [6.07, 6.45) is 4.85. The van der Waals surface area contributed by atoms with Crippen molar-refractivity contribution in [2.75, 3.05) is 13.1 Å². The first-order valence-electron chi connectivity index (χ1n) is 10.5. The van der Waals surface area contributed by atoms with Gasteiger partial charge in [-0.2, -0.15) is 0 Å². The average Bonchev–Trinajstić information content (AvgIpc) is 2.87. The third-order valence-electron chi connectivity index (χ3n) is 7.58. The highest BCUT2D eigenvalue weighted by atomic mass is 16.6. The maximum absolute atomic E-state index is 12.6. The zero-order valence-corrected chi connectivity index (χ0v) is 17.9. The van der Waals surface area contributed by atoms with E-state index < -0.39 is 5.60 Å². The van der Waals surface area contributed by atoms with Crippen molar-refractivity contribution in [1.29, 1.82) is 0 Å². The van der Waals surface area contributed by atoms with Crippen molar-refractivity contribution in [2.24, 2.45) is 16.7 Å². The topological polar surface area (TPSA) is 70.7 Å². The summed E-state index contributed by atoms with van der Waals surface area (Å²) in [4.78, 5) is 26.5. The van der Waals surface area contributed by atoms with Gasteiger partial charge in [0.2, 0.25) is 0 Å². The molecule has 3 amide bonds. The molecule has 2 saturated carbocycles. The van der Waals surface area contributed by atoms with Gasteiger partial charge in [-0.25, -0.2) is 9.59 Å². The van der Waals surface area contributed by atoms with Crippen molar-refractivity contribution in [2.45, 2.75) is 91.3 Å². The van der Waals surface area contributed by atoms with Crippen molar-refractivity contribution in [3.63, 3.8) is 0 Å². The van der Waals surface area contributed by atoms with Gasteiger partial charge >= 0.3 is 12.1 Å². The molecule has 0 aromatic carbocycles. The molecule has 2 bridgehead atoms. The molecular formula is C21H37N3O3. The zero-order valence-electron chi connectivity index (χ0n) is 17.9. The largest absolute Gasteiger partial charge is 0.444 e. The Kier molecular flexibility index (Phi) is 5.15. The fraction of sp³-hybridized carbons (Fsp3) is 0.905. The summed E-state index contributed by atoms with van der Waals surface area (Å²) < 4.78 is 5.43. The van der Waals surface area contributed by atoms with Gasteiger partial charge in [0.05, 0.1) is 0 Å². The highest BCUT2D eigenvalue weighted by Crippen LogP contribution is 2.65. The van der Waals surface area contributed by atoms with E-state index in [2.05, 4.69) is 31.4 Å². The lowest BCUT2D eigenvalue weighted by molar-refractivity contribution is 0.0201. The molecule has 3 rings (SSSR count). The van der Waals surface area contributed by atoms with E-state index in [-0.39, 0.29) is 29.6 Å². The molecule has 6 heteroatoms. The van der Waals surface area contributed by atoms with E-state index in [9.17, 15) is 9.59 Å². The number of amides is 3. The predicted octanol–water partition coefficient (Wildman–Crippen LogP) is 3.90. The minimum atomic E-state index is -0.476. The van der Waals surface area contributed by atoms with Crippen LogP contribution in [0.3, 0.4) is 0 Å². The number of hydrogen-bond acceptors (Lipinski definition) is 3. The highest BCUT2D eigenvalue weighted by molar-refractivity contribution is 5.75. The van der Waals surface area contributed by atoms with Crippen LogP contribution < -0.4 is 10.6 Å². The van der Waals surface area contributed by atoms with Crippen LogP contribution in [0.4, 0.5) is 9.59 Å². The Labute approximate surface area is 163 Å². The molecule has 0 spiro atoms. The number of rotatable bonds is 2. The van der Waals surface area contributed by atoms with Gasteiger partial charge in [-0.05, 0) is 69.6 Å². The van der Waals surface area contributed by atoms with E-state index in [1.807, 2.05) is 20.8 Å². The summed E-state index contributed by atoms with van der Waals surface area (Å²) in [6, 6.07) is 0.316. The number of ether oxygens (including phenoxy) is 1. The second kappa shape index (κ2) is 6.85. The van der Waals surface area contributed by atoms with Crippen molar-refractivity contribution in [1.82, 2.24) is 15.5 Å². The molecule has 1 heterocycles. The van der Waals surface area contributed by atoms with E-state index in [1.165, 1.54) is 12.8 Å².